The monoisotopic (exact) mass is 248 g/mol. The molecule has 1 aromatic rings. The van der Waals surface area contributed by atoms with Gasteiger partial charge in [0.1, 0.15) is 0 Å². The van der Waals surface area contributed by atoms with E-state index in [-0.39, 0.29) is 11.9 Å². The summed E-state index contributed by atoms with van der Waals surface area (Å²) in [6.07, 6.45) is 0. The SMILES string of the molecule is Cc1cccc(NC(=O)[C@H](C)N2CCOCC2)c1. The third kappa shape index (κ3) is 3.31. The second kappa shape index (κ2) is 5.98. The molecule has 4 heteroatoms. The molecule has 0 unspecified atom stereocenters. The molecular formula is C14H20N2O2. The summed E-state index contributed by atoms with van der Waals surface area (Å²) in [6.45, 7) is 7.02. The summed E-state index contributed by atoms with van der Waals surface area (Å²) < 4.78 is 5.29. The van der Waals surface area contributed by atoms with Crippen molar-refractivity contribution in [2.75, 3.05) is 31.6 Å². The van der Waals surface area contributed by atoms with Crippen LogP contribution in [0.4, 0.5) is 5.69 Å². The minimum absolute atomic E-state index is 0.0440. The topological polar surface area (TPSA) is 41.6 Å². The molecule has 1 aromatic carbocycles. The van der Waals surface area contributed by atoms with Crippen LogP contribution in [0.3, 0.4) is 0 Å². The third-order valence-electron chi connectivity index (χ3n) is 3.26. The Labute approximate surface area is 108 Å². The first kappa shape index (κ1) is 13.1. The van der Waals surface area contributed by atoms with Crippen molar-refractivity contribution in [3.05, 3.63) is 29.8 Å². The number of aryl methyl sites for hydroxylation is 1. The number of ether oxygens (including phenoxy) is 1. The molecule has 18 heavy (non-hydrogen) atoms. The van der Waals surface area contributed by atoms with Crippen LogP contribution in [0.25, 0.3) is 0 Å². The molecule has 4 nitrogen and oxygen atoms in total. The first-order valence-electron chi connectivity index (χ1n) is 6.36. The second-order valence-electron chi connectivity index (χ2n) is 4.68. The quantitative estimate of drug-likeness (QED) is 0.884. The molecule has 1 aliphatic rings. The predicted molar refractivity (Wildman–Crippen MR) is 71.7 cm³/mol. The lowest BCUT2D eigenvalue weighted by Gasteiger charge is -2.31. The van der Waals surface area contributed by atoms with Gasteiger partial charge >= 0.3 is 0 Å². The Morgan fingerprint density at radius 3 is 2.78 bits per heavy atom. The molecule has 1 saturated heterocycles. The minimum Gasteiger partial charge on any atom is -0.379 e. The highest BCUT2D eigenvalue weighted by Gasteiger charge is 2.22. The first-order valence-corrected chi connectivity index (χ1v) is 6.36. The molecule has 0 bridgehead atoms. The lowest BCUT2D eigenvalue weighted by molar-refractivity contribution is -0.122. The number of carbonyl (C=O) groups excluding carboxylic acids is 1. The van der Waals surface area contributed by atoms with Gasteiger partial charge in [0.25, 0.3) is 0 Å². The Bertz CT molecular complexity index is 414. The molecule has 0 aromatic heterocycles. The number of morpholine rings is 1. The standard InChI is InChI=1S/C14H20N2O2/c1-11-4-3-5-13(10-11)15-14(17)12(2)16-6-8-18-9-7-16/h3-5,10,12H,6-9H2,1-2H3,(H,15,17)/t12-/m0/s1. The Morgan fingerprint density at radius 2 is 2.11 bits per heavy atom. The number of nitrogens with zero attached hydrogens (tertiary/aromatic N) is 1. The van der Waals surface area contributed by atoms with E-state index in [1.54, 1.807) is 0 Å². The normalized spacial score (nSPS) is 18.3. The molecule has 1 aliphatic heterocycles. The van der Waals surface area contributed by atoms with Gasteiger partial charge in [-0.3, -0.25) is 9.69 Å². The van der Waals surface area contributed by atoms with Gasteiger partial charge in [-0.25, -0.2) is 0 Å². The maximum Gasteiger partial charge on any atom is 0.241 e. The Balaban J connectivity index is 1.94. The Kier molecular flexibility index (Phi) is 4.33. The highest BCUT2D eigenvalue weighted by atomic mass is 16.5. The fraction of sp³-hybridized carbons (Fsp3) is 0.500. The average Bonchev–Trinajstić information content (AvgIpc) is 2.39. The fourth-order valence-electron chi connectivity index (χ4n) is 2.10. The van der Waals surface area contributed by atoms with Gasteiger partial charge in [0, 0.05) is 18.8 Å². The van der Waals surface area contributed by atoms with Crippen molar-refractivity contribution in [3.8, 4) is 0 Å². The average molecular weight is 248 g/mol. The second-order valence-corrected chi connectivity index (χ2v) is 4.68. The molecule has 1 heterocycles. The molecule has 2 rings (SSSR count). The lowest BCUT2D eigenvalue weighted by atomic mass is 10.2. The van der Waals surface area contributed by atoms with Crippen molar-refractivity contribution in [1.29, 1.82) is 0 Å². The molecule has 1 atom stereocenters. The molecular weight excluding hydrogens is 228 g/mol. The third-order valence-corrected chi connectivity index (χ3v) is 3.26. The van der Waals surface area contributed by atoms with Gasteiger partial charge < -0.3 is 10.1 Å². The van der Waals surface area contributed by atoms with Gasteiger partial charge in [-0.2, -0.15) is 0 Å². The van der Waals surface area contributed by atoms with Crippen LogP contribution in [0.15, 0.2) is 24.3 Å². The zero-order valence-electron chi connectivity index (χ0n) is 11.0. The van der Waals surface area contributed by atoms with E-state index in [9.17, 15) is 4.79 Å². The zero-order valence-corrected chi connectivity index (χ0v) is 11.0. The number of amides is 1. The Hall–Kier alpha value is -1.39. The minimum atomic E-state index is -0.116. The van der Waals surface area contributed by atoms with Crippen molar-refractivity contribution in [3.63, 3.8) is 0 Å². The van der Waals surface area contributed by atoms with Crippen LogP contribution in [0.5, 0.6) is 0 Å². The van der Waals surface area contributed by atoms with Crippen molar-refractivity contribution >= 4 is 11.6 Å². The summed E-state index contributed by atoms with van der Waals surface area (Å²) in [5, 5.41) is 2.96. The zero-order chi connectivity index (χ0) is 13.0. The smallest absolute Gasteiger partial charge is 0.241 e. The maximum atomic E-state index is 12.1. The summed E-state index contributed by atoms with van der Waals surface area (Å²) >= 11 is 0. The van der Waals surface area contributed by atoms with Crippen LogP contribution in [-0.4, -0.2) is 43.2 Å². The van der Waals surface area contributed by atoms with E-state index in [0.717, 1.165) is 24.3 Å². The van der Waals surface area contributed by atoms with Crippen LogP contribution >= 0.6 is 0 Å². The van der Waals surface area contributed by atoms with E-state index >= 15 is 0 Å². The Morgan fingerprint density at radius 1 is 1.39 bits per heavy atom. The van der Waals surface area contributed by atoms with Crippen molar-refractivity contribution in [2.24, 2.45) is 0 Å². The van der Waals surface area contributed by atoms with E-state index in [4.69, 9.17) is 4.74 Å². The largest absolute Gasteiger partial charge is 0.379 e. The van der Waals surface area contributed by atoms with E-state index in [1.807, 2.05) is 38.1 Å². The summed E-state index contributed by atoms with van der Waals surface area (Å²) in [7, 11) is 0. The number of hydrogen-bond acceptors (Lipinski definition) is 3. The molecule has 98 valence electrons. The number of benzene rings is 1. The lowest BCUT2D eigenvalue weighted by Crippen LogP contribution is -2.47. The van der Waals surface area contributed by atoms with Crippen LogP contribution in [0, 0.1) is 6.92 Å². The van der Waals surface area contributed by atoms with Crippen LogP contribution in [0.2, 0.25) is 0 Å². The van der Waals surface area contributed by atoms with Crippen molar-refractivity contribution < 1.29 is 9.53 Å². The number of hydrogen-bond donors (Lipinski definition) is 1. The van der Waals surface area contributed by atoms with Gasteiger partial charge in [-0.15, -0.1) is 0 Å². The van der Waals surface area contributed by atoms with Gasteiger partial charge in [0.15, 0.2) is 0 Å². The summed E-state index contributed by atoms with van der Waals surface area (Å²) in [4.78, 5) is 14.3. The molecule has 0 radical (unpaired) electrons. The number of rotatable bonds is 3. The van der Waals surface area contributed by atoms with Gasteiger partial charge in [-0.05, 0) is 31.5 Å². The van der Waals surface area contributed by atoms with Crippen molar-refractivity contribution in [2.45, 2.75) is 19.9 Å². The molecule has 0 aliphatic carbocycles. The number of nitrogens with one attached hydrogen (secondary N) is 1. The van der Waals surface area contributed by atoms with E-state index < -0.39 is 0 Å². The van der Waals surface area contributed by atoms with E-state index in [1.165, 1.54) is 0 Å². The molecule has 0 saturated carbocycles. The van der Waals surface area contributed by atoms with Gasteiger partial charge in [0.2, 0.25) is 5.91 Å². The van der Waals surface area contributed by atoms with Crippen LogP contribution in [0.1, 0.15) is 12.5 Å². The summed E-state index contributed by atoms with van der Waals surface area (Å²) in [6, 6.07) is 7.74. The van der Waals surface area contributed by atoms with E-state index in [2.05, 4.69) is 10.2 Å². The molecule has 1 amide bonds. The molecule has 0 spiro atoms. The maximum absolute atomic E-state index is 12.1. The highest BCUT2D eigenvalue weighted by Crippen LogP contribution is 2.11. The van der Waals surface area contributed by atoms with Gasteiger partial charge in [-0.1, -0.05) is 12.1 Å². The summed E-state index contributed by atoms with van der Waals surface area (Å²) in [5.41, 5.74) is 2.01. The van der Waals surface area contributed by atoms with Crippen molar-refractivity contribution in [1.82, 2.24) is 4.90 Å². The highest BCUT2D eigenvalue weighted by molar-refractivity contribution is 5.94. The van der Waals surface area contributed by atoms with E-state index in [0.29, 0.717) is 13.2 Å². The number of carbonyl (C=O) groups is 1. The van der Waals surface area contributed by atoms with Gasteiger partial charge in [0.05, 0.1) is 19.3 Å². The van der Waals surface area contributed by atoms with Crippen LogP contribution < -0.4 is 5.32 Å². The predicted octanol–water partition coefficient (Wildman–Crippen LogP) is 1.65. The first-order chi connectivity index (χ1) is 8.66. The number of anilines is 1. The molecule has 1 fully saturated rings. The fourth-order valence-corrected chi connectivity index (χ4v) is 2.10. The summed E-state index contributed by atoms with van der Waals surface area (Å²) in [5.74, 6) is 0.0440. The van der Waals surface area contributed by atoms with Crippen LogP contribution in [-0.2, 0) is 9.53 Å². The molecule has 1 N–H and O–H groups in total.